The van der Waals surface area contributed by atoms with Crippen molar-refractivity contribution < 1.29 is 23.4 Å². The van der Waals surface area contributed by atoms with Crippen LogP contribution in [0.1, 0.15) is 15.9 Å². The zero-order chi connectivity index (χ0) is 15.5. The molecule has 0 unspecified atom stereocenters. The van der Waals surface area contributed by atoms with Crippen molar-refractivity contribution in [3.05, 3.63) is 53.9 Å². The molecule has 21 heavy (non-hydrogen) atoms. The number of aryl methyl sites for hydroxylation is 1. The fraction of sp³-hybridized carbons (Fsp3) is 0.143. The molecule has 2 aromatic rings. The van der Waals surface area contributed by atoms with E-state index in [1.165, 1.54) is 6.07 Å². The first-order valence-electron chi connectivity index (χ1n) is 6.08. The third-order valence-electron chi connectivity index (χ3n) is 2.97. The number of sulfone groups is 1. The second-order valence-electron chi connectivity index (χ2n) is 4.41. The van der Waals surface area contributed by atoms with Gasteiger partial charge in [0.1, 0.15) is 11.3 Å². The Morgan fingerprint density at radius 1 is 1.14 bits per heavy atom. The lowest BCUT2D eigenvalue weighted by Gasteiger charge is -2.07. The van der Waals surface area contributed by atoms with E-state index in [1.807, 2.05) is 0 Å². The largest absolute Gasteiger partial charge is 0.507 e. The highest BCUT2D eigenvalue weighted by atomic mass is 32.2. The molecular weight excluding hydrogens is 294 g/mol. The summed E-state index contributed by atoms with van der Waals surface area (Å²) in [5.74, 6) is -1.99. The number of nitrogens with zero attached hydrogens (tertiary/aromatic N) is 1. The zero-order valence-electron chi connectivity index (χ0n) is 10.9. The Morgan fingerprint density at radius 3 is 2.43 bits per heavy atom. The van der Waals surface area contributed by atoms with Gasteiger partial charge in [-0.25, -0.2) is 13.2 Å². The van der Waals surface area contributed by atoms with Gasteiger partial charge in [0, 0.05) is 12.4 Å². The van der Waals surface area contributed by atoms with Crippen LogP contribution in [-0.4, -0.2) is 35.3 Å². The Kier molecular flexibility index (Phi) is 4.23. The standard InChI is InChI=1S/C14H13NO5S/c16-13-2-1-11(9-12(13)14(17)18)21(19,20)8-5-10-3-6-15-7-4-10/h1-4,6-7,9,16H,5,8H2,(H,17,18). The van der Waals surface area contributed by atoms with Gasteiger partial charge in [-0.3, -0.25) is 4.98 Å². The Morgan fingerprint density at radius 2 is 1.81 bits per heavy atom. The molecule has 7 heteroatoms. The minimum absolute atomic E-state index is 0.119. The number of benzene rings is 1. The SMILES string of the molecule is O=C(O)c1cc(S(=O)(=O)CCc2ccncc2)ccc1O. The summed E-state index contributed by atoms with van der Waals surface area (Å²) in [6.45, 7) is 0. The molecule has 0 saturated carbocycles. The summed E-state index contributed by atoms with van der Waals surface area (Å²) in [7, 11) is -3.63. The molecule has 2 rings (SSSR count). The topological polar surface area (TPSA) is 105 Å². The van der Waals surface area contributed by atoms with Crippen LogP contribution in [0.2, 0.25) is 0 Å². The molecule has 0 aliphatic carbocycles. The van der Waals surface area contributed by atoms with Gasteiger partial charge < -0.3 is 10.2 Å². The number of carboxylic acid groups (broad SMARTS) is 1. The van der Waals surface area contributed by atoms with Gasteiger partial charge in [0.05, 0.1) is 10.6 Å². The molecule has 2 N–H and O–H groups in total. The molecule has 1 aromatic heterocycles. The Labute approximate surface area is 121 Å². The quantitative estimate of drug-likeness (QED) is 0.867. The molecular formula is C14H13NO5S. The van der Waals surface area contributed by atoms with Crippen LogP contribution in [0.25, 0.3) is 0 Å². The van der Waals surface area contributed by atoms with Gasteiger partial charge in [-0.2, -0.15) is 0 Å². The van der Waals surface area contributed by atoms with E-state index in [-0.39, 0.29) is 10.6 Å². The first-order valence-corrected chi connectivity index (χ1v) is 7.73. The van der Waals surface area contributed by atoms with Gasteiger partial charge >= 0.3 is 5.97 Å². The number of carboxylic acids is 1. The molecule has 0 spiro atoms. The zero-order valence-corrected chi connectivity index (χ0v) is 11.7. The minimum atomic E-state index is -3.63. The molecule has 0 aliphatic rings. The van der Waals surface area contributed by atoms with E-state index in [1.54, 1.807) is 24.5 Å². The van der Waals surface area contributed by atoms with E-state index in [0.717, 1.165) is 17.7 Å². The van der Waals surface area contributed by atoms with Crippen molar-refractivity contribution in [3.8, 4) is 5.75 Å². The van der Waals surface area contributed by atoms with E-state index in [2.05, 4.69) is 4.98 Å². The normalized spacial score (nSPS) is 11.2. The van der Waals surface area contributed by atoms with Gasteiger partial charge in [-0.1, -0.05) is 0 Å². The Balaban J connectivity index is 2.24. The monoisotopic (exact) mass is 307 g/mol. The van der Waals surface area contributed by atoms with E-state index >= 15 is 0 Å². The van der Waals surface area contributed by atoms with E-state index < -0.39 is 27.1 Å². The van der Waals surface area contributed by atoms with Crippen molar-refractivity contribution in [2.45, 2.75) is 11.3 Å². The third-order valence-corrected chi connectivity index (χ3v) is 4.68. The van der Waals surface area contributed by atoms with Crippen LogP contribution in [0.15, 0.2) is 47.6 Å². The maximum atomic E-state index is 12.2. The molecule has 110 valence electrons. The first-order chi connectivity index (χ1) is 9.90. The summed E-state index contributed by atoms with van der Waals surface area (Å²) in [4.78, 5) is 14.6. The fourth-order valence-electron chi connectivity index (χ4n) is 1.80. The van der Waals surface area contributed by atoms with Crippen molar-refractivity contribution in [1.82, 2.24) is 4.98 Å². The summed E-state index contributed by atoms with van der Waals surface area (Å²) in [5.41, 5.74) is 0.394. The fourth-order valence-corrected chi connectivity index (χ4v) is 3.11. The molecule has 0 amide bonds. The lowest BCUT2D eigenvalue weighted by atomic mass is 10.2. The summed E-state index contributed by atoms with van der Waals surface area (Å²) < 4.78 is 24.4. The Hall–Kier alpha value is -2.41. The predicted octanol–water partition coefficient (Wildman–Crippen LogP) is 1.50. The van der Waals surface area contributed by atoms with Gasteiger partial charge in [0.2, 0.25) is 0 Å². The molecule has 0 aliphatic heterocycles. The van der Waals surface area contributed by atoms with Crippen molar-refractivity contribution in [2.24, 2.45) is 0 Å². The van der Waals surface area contributed by atoms with Crippen LogP contribution in [0.4, 0.5) is 0 Å². The summed E-state index contributed by atoms with van der Waals surface area (Å²) >= 11 is 0. The molecule has 0 atom stereocenters. The van der Waals surface area contributed by atoms with Gasteiger partial charge in [-0.15, -0.1) is 0 Å². The number of hydrogen-bond acceptors (Lipinski definition) is 5. The highest BCUT2D eigenvalue weighted by Crippen LogP contribution is 2.22. The average Bonchev–Trinajstić information content (AvgIpc) is 2.46. The Bertz CT molecular complexity index is 756. The highest BCUT2D eigenvalue weighted by Gasteiger charge is 2.19. The average molecular weight is 307 g/mol. The maximum Gasteiger partial charge on any atom is 0.339 e. The van der Waals surface area contributed by atoms with Crippen LogP contribution in [0.5, 0.6) is 5.75 Å². The number of hydrogen-bond donors (Lipinski definition) is 2. The van der Waals surface area contributed by atoms with Crippen LogP contribution >= 0.6 is 0 Å². The van der Waals surface area contributed by atoms with Crippen molar-refractivity contribution in [1.29, 1.82) is 0 Å². The number of aromatic carboxylic acids is 1. The van der Waals surface area contributed by atoms with Crippen molar-refractivity contribution >= 4 is 15.8 Å². The number of aromatic hydroxyl groups is 1. The first kappa shape index (κ1) is 15.0. The van der Waals surface area contributed by atoms with Crippen LogP contribution in [-0.2, 0) is 16.3 Å². The van der Waals surface area contributed by atoms with Gasteiger partial charge in [0.25, 0.3) is 0 Å². The van der Waals surface area contributed by atoms with Gasteiger partial charge in [-0.05, 0) is 42.3 Å². The van der Waals surface area contributed by atoms with Crippen molar-refractivity contribution in [2.75, 3.05) is 5.75 Å². The van der Waals surface area contributed by atoms with Gasteiger partial charge in [0.15, 0.2) is 9.84 Å². The predicted molar refractivity (Wildman–Crippen MR) is 75.1 cm³/mol. The lowest BCUT2D eigenvalue weighted by Crippen LogP contribution is -2.10. The number of pyridine rings is 1. The van der Waals surface area contributed by atoms with Crippen LogP contribution in [0.3, 0.4) is 0 Å². The van der Waals surface area contributed by atoms with Crippen LogP contribution < -0.4 is 0 Å². The minimum Gasteiger partial charge on any atom is -0.507 e. The molecule has 0 fully saturated rings. The summed E-state index contributed by atoms with van der Waals surface area (Å²) in [6.07, 6.45) is 3.45. The maximum absolute atomic E-state index is 12.2. The molecule has 1 aromatic carbocycles. The second kappa shape index (κ2) is 5.92. The summed E-state index contributed by atoms with van der Waals surface area (Å²) in [5, 5.41) is 18.3. The highest BCUT2D eigenvalue weighted by molar-refractivity contribution is 7.91. The smallest absolute Gasteiger partial charge is 0.339 e. The van der Waals surface area contributed by atoms with E-state index in [4.69, 9.17) is 5.11 Å². The number of rotatable bonds is 5. The number of carbonyl (C=O) groups is 1. The number of aromatic nitrogens is 1. The lowest BCUT2D eigenvalue weighted by molar-refractivity contribution is 0.0693. The van der Waals surface area contributed by atoms with E-state index in [0.29, 0.717) is 6.42 Å². The molecule has 0 bridgehead atoms. The molecule has 6 nitrogen and oxygen atoms in total. The molecule has 0 saturated heterocycles. The molecule has 1 heterocycles. The number of phenols is 1. The third kappa shape index (κ3) is 3.57. The van der Waals surface area contributed by atoms with E-state index in [9.17, 15) is 18.3 Å². The second-order valence-corrected chi connectivity index (χ2v) is 6.52. The van der Waals surface area contributed by atoms with Crippen molar-refractivity contribution in [3.63, 3.8) is 0 Å². The molecule has 0 radical (unpaired) electrons. The summed E-state index contributed by atoms with van der Waals surface area (Å²) in [6, 6.07) is 6.68. The van der Waals surface area contributed by atoms with Crippen LogP contribution in [0, 0.1) is 0 Å².